The van der Waals surface area contributed by atoms with Gasteiger partial charge >= 0.3 is 6.18 Å². The van der Waals surface area contributed by atoms with Crippen LogP contribution in [0.25, 0.3) is 0 Å². The van der Waals surface area contributed by atoms with Crippen molar-refractivity contribution in [1.82, 2.24) is 4.90 Å². The Hall–Kier alpha value is -0.940. The topological polar surface area (TPSA) is 6.48 Å². The number of fused-ring (bicyclic) bond motifs is 1. The number of anilines is 1. The van der Waals surface area contributed by atoms with Crippen molar-refractivity contribution < 1.29 is 13.2 Å². The van der Waals surface area contributed by atoms with Crippen molar-refractivity contribution in [2.24, 2.45) is 0 Å². The summed E-state index contributed by atoms with van der Waals surface area (Å²) in [6, 6.07) is 4.15. The maximum absolute atomic E-state index is 12.6. The number of hydrogen-bond donors (Lipinski definition) is 0. The largest absolute Gasteiger partial charge is 0.416 e. The van der Waals surface area contributed by atoms with Crippen LogP contribution in [-0.2, 0) is 6.18 Å². The van der Waals surface area contributed by atoms with E-state index in [0.29, 0.717) is 11.7 Å². The van der Waals surface area contributed by atoms with Gasteiger partial charge in [-0.3, -0.25) is 4.90 Å². The fourth-order valence-electron chi connectivity index (χ4n) is 3.15. The minimum absolute atomic E-state index is 0.186. The molecule has 0 N–H and O–H groups in total. The first-order chi connectivity index (χ1) is 9.45. The lowest BCUT2D eigenvalue weighted by molar-refractivity contribution is -0.137. The first kappa shape index (κ1) is 14.0. The number of benzene rings is 1. The molecular formula is C14H16ClF3N2. The van der Waals surface area contributed by atoms with Gasteiger partial charge in [0.2, 0.25) is 0 Å². The molecule has 0 bridgehead atoms. The lowest BCUT2D eigenvalue weighted by Crippen LogP contribution is -2.50. The van der Waals surface area contributed by atoms with E-state index >= 15 is 0 Å². The molecule has 2 fully saturated rings. The zero-order valence-electron chi connectivity index (χ0n) is 11.0. The van der Waals surface area contributed by atoms with E-state index in [2.05, 4.69) is 9.80 Å². The van der Waals surface area contributed by atoms with Gasteiger partial charge in [-0.1, -0.05) is 11.6 Å². The predicted octanol–water partition coefficient (Wildman–Crippen LogP) is 3.64. The summed E-state index contributed by atoms with van der Waals surface area (Å²) < 4.78 is 37.9. The third-order valence-corrected chi connectivity index (χ3v) is 4.51. The molecule has 0 aromatic heterocycles. The molecule has 2 heterocycles. The number of rotatable bonds is 1. The Balaban J connectivity index is 1.80. The smallest absolute Gasteiger partial charge is 0.367 e. The van der Waals surface area contributed by atoms with Crippen molar-refractivity contribution in [3.63, 3.8) is 0 Å². The minimum atomic E-state index is -4.34. The summed E-state index contributed by atoms with van der Waals surface area (Å²) in [5.74, 6) is 0. The van der Waals surface area contributed by atoms with Crippen LogP contribution in [-0.4, -0.2) is 37.1 Å². The van der Waals surface area contributed by atoms with Gasteiger partial charge in [0.15, 0.2) is 0 Å². The molecule has 0 amide bonds. The lowest BCUT2D eigenvalue weighted by atomic mass is 10.1. The van der Waals surface area contributed by atoms with Crippen molar-refractivity contribution in [3.8, 4) is 0 Å². The number of piperazine rings is 1. The summed E-state index contributed by atoms with van der Waals surface area (Å²) in [5.41, 5.74) is 0.0250. The number of hydrogen-bond acceptors (Lipinski definition) is 2. The molecule has 1 unspecified atom stereocenters. The van der Waals surface area contributed by atoms with E-state index in [-0.39, 0.29) is 5.02 Å². The van der Waals surface area contributed by atoms with E-state index in [1.807, 2.05) is 0 Å². The highest BCUT2D eigenvalue weighted by Crippen LogP contribution is 2.36. The fourth-order valence-corrected chi connectivity index (χ4v) is 3.45. The van der Waals surface area contributed by atoms with E-state index in [4.69, 9.17) is 11.6 Å². The summed E-state index contributed by atoms with van der Waals surface area (Å²) >= 11 is 6.06. The first-order valence-corrected chi connectivity index (χ1v) is 7.19. The number of nitrogens with zero attached hydrogens (tertiary/aromatic N) is 2. The second-order valence-corrected chi connectivity index (χ2v) is 5.85. The summed E-state index contributed by atoms with van der Waals surface area (Å²) in [4.78, 5) is 4.56. The van der Waals surface area contributed by atoms with Crippen LogP contribution in [0.5, 0.6) is 0 Å². The molecule has 0 spiro atoms. The quantitative estimate of drug-likeness (QED) is 0.781. The van der Waals surface area contributed by atoms with Crippen molar-refractivity contribution in [1.29, 1.82) is 0 Å². The number of halogens is 4. The van der Waals surface area contributed by atoms with Gasteiger partial charge in [-0.25, -0.2) is 0 Å². The molecule has 1 atom stereocenters. The van der Waals surface area contributed by atoms with Crippen LogP contribution in [0.1, 0.15) is 18.4 Å². The van der Waals surface area contributed by atoms with Gasteiger partial charge in [0.05, 0.1) is 16.3 Å². The van der Waals surface area contributed by atoms with Crippen molar-refractivity contribution in [3.05, 3.63) is 28.8 Å². The summed E-state index contributed by atoms with van der Waals surface area (Å²) in [5, 5.41) is 0.186. The Bertz CT molecular complexity index is 504. The average Bonchev–Trinajstić information content (AvgIpc) is 2.84. The highest BCUT2D eigenvalue weighted by Gasteiger charge is 2.33. The second kappa shape index (κ2) is 5.11. The van der Waals surface area contributed by atoms with Crippen LogP contribution in [0, 0.1) is 0 Å². The molecule has 2 nitrogen and oxygen atoms in total. The Morgan fingerprint density at radius 2 is 1.95 bits per heavy atom. The van der Waals surface area contributed by atoms with Crippen LogP contribution in [0.2, 0.25) is 5.02 Å². The Morgan fingerprint density at radius 3 is 2.65 bits per heavy atom. The number of alkyl halides is 3. The highest BCUT2D eigenvalue weighted by atomic mass is 35.5. The van der Waals surface area contributed by atoms with Gasteiger partial charge < -0.3 is 4.90 Å². The van der Waals surface area contributed by atoms with Gasteiger partial charge in [-0.15, -0.1) is 0 Å². The van der Waals surface area contributed by atoms with Crippen LogP contribution < -0.4 is 4.90 Å². The summed E-state index contributed by atoms with van der Waals surface area (Å²) in [6.07, 6.45) is -1.97. The molecule has 2 aliphatic heterocycles. The van der Waals surface area contributed by atoms with Gasteiger partial charge in [-0.2, -0.15) is 13.2 Å². The van der Waals surface area contributed by atoms with Crippen LogP contribution in [0.15, 0.2) is 18.2 Å². The molecule has 3 rings (SSSR count). The normalized spacial score (nSPS) is 24.0. The maximum atomic E-state index is 12.6. The molecule has 110 valence electrons. The predicted molar refractivity (Wildman–Crippen MR) is 73.3 cm³/mol. The van der Waals surface area contributed by atoms with Crippen molar-refractivity contribution in [2.45, 2.75) is 25.1 Å². The molecule has 0 saturated carbocycles. The third-order valence-electron chi connectivity index (χ3n) is 4.20. The lowest BCUT2D eigenvalue weighted by Gasteiger charge is -2.39. The third kappa shape index (κ3) is 2.61. The molecular weight excluding hydrogens is 289 g/mol. The van der Waals surface area contributed by atoms with Crippen LogP contribution >= 0.6 is 11.6 Å². The highest BCUT2D eigenvalue weighted by molar-refractivity contribution is 6.33. The molecule has 1 aromatic carbocycles. The van der Waals surface area contributed by atoms with E-state index in [9.17, 15) is 13.2 Å². The molecule has 0 radical (unpaired) electrons. The van der Waals surface area contributed by atoms with Crippen molar-refractivity contribution in [2.75, 3.05) is 31.1 Å². The molecule has 0 aliphatic carbocycles. The fraction of sp³-hybridized carbons (Fsp3) is 0.571. The minimum Gasteiger partial charge on any atom is -0.367 e. The van der Waals surface area contributed by atoms with Gasteiger partial charge in [-0.05, 0) is 37.6 Å². The Morgan fingerprint density at radius 1 is 1.15 bits per heavy atom. The van der Waals surface area contributed by atoms with E-state index in [1.54, 1.807) is 0 Å². The monoisotopic (exact) mass is 304 g/mol. The average molecular weight is 305 g/mol. The second-order valence-electron chi connectivity index (χ2n) is 5.44. The molecule has 6 heteroatoms. The molecule has 1 aromatic rings. The summed E-state index contributed by atoms with van der Waals surface area (Å²) in [6.45, 7) is 3.77. The van der Waals surface area contributed by atoms with Gasteiger partial charge in [0.25, 0.3) is 0 Å². The molecule has 2 aliphatic rings. The van der Waals surface area contributed by atoms with Gasteiger partial charge in [0.1, 0.15) is 0 Å². The SMILES string of the molecule is FC(F)(F)c1ccc(N2CCN3CCCC3C2)c(Cl)c1. The molecule has 2 saturated heterocycles. The Labute approximate surface area is 121 Å². The Kier molecular flexibility index (Phi) is 3.58. The van der Waals surface area contributed by atoms with E-state index < -0.39 is 11.7 Å². The first-order valence-electron chi connectivity index (χ1n) is 6.81. The van der Waals surface area contributed by atoms with Crippen molar-refractivity contribution >= 4 is 17.3 Å². The van der Waals surface area contributed by atoms with E-state index in [1.165, 1.54) is 12.5 Å². The zero-order valence-corrected chi connectivity index (χ0v) is 11.7. The summed E-state index contributed by atoms with van der Waals surface area (Å²) in [7, 11) is 0. The molecule has 20 heavy (non-hydrogen) atoms. The standard InChI is InChI=1S/C14H16ClF3N2/c15-12-8-10(14(16,17)18)3-4-13(12)20-7-6-19-5-1-2-11(19)9-20/h3-4,8,11H,1-2,5-7,9H2. The van der Waals surface area contributed by atoms with Gasteiger partial charge in [0, 0.05) is 25.7 Å². The maximum Gasteiger partial charge on any atom is 0.416 e. The van der Waals surface area contributed by atoms with Crippen LogP contribution in [0.4, 0.5) is 18.9 Å². The van der Waals surface area contributed by atoms with Crippen LogP contribution in [0.3, 0.4) is 0 Å². The van der Waals surface area contributed by atoms with E-state index in [0.717, 1.165) is 44.7 Å². The zero-order chi connectivity index (χ0) is 14.3.